The van der Waals surface area contributed by atoms with Crippen molar-refractivity contribution in [3.8, 4) is 0 Å². The van der Waals surface area contributed by atoms with Crippen LogP contribution in [0.4, 0.5) is 0 Å². The summed E-state index contributed by atoms with van der Waals surface area (Å²) in [6.07, 6.45) is 5.29. The average Bonchev–Trinajstić information content (AvgIpc) is 2.46. The summed E-state index contributed by atoms with van der Waals surface area (Å²) in [5.74, 6) is 0. The molecule has 3 heteroatoms. The summed E-state index contributed by atoms with van der Waals surface area (Å²) < 4.78 is 5.69. The van der Waals surface area contributed by atoms with Crippen LogP contribution in [0.1, 0.15) is 32.8 Å². The van der Waals surface area contributed by atoms with E-state index in [1.54, 1.807) is 0 Å². The van der Waals surface area contributed by atoms with E-state index in [2.05, 4.69) is 58.2 Å². The number of aliphatic hydroxyl groups excluding tert-OH is 1. The van der Waals surface area contributed by atoms with Crippen molar-refractivity contribution in [1.29, 1.82) is 0 Å². The smallest absolute Gasteiger partial charge is 0.0717 e. The molecule has 0 fully saturated rings. The second-order valence-electron chi connectivity index (χ2n) is 7.52. The van der Waals surface area contributed by atoms with Crippen LogP contribution in [0, 0.1) is 0 Å². The average molecular weight is 321 g/mol. The normalized spacial score (nSPS) is 14.5. The fraction of sp³-hybridized carbons (Fsp3) is 0.579. The zero-order valence-electron chi connectivity index (χ0n) is 14.8. The largest absolute Gasteiger partial charge is 0.396 e. The third kappa shape index (κ3) is 5.71. The maximum absolute atomic E-state index is 9.73. The molecular formula is C19H32O2Si. The molecule has 22 heavy (non-hydrogen) atoms. The van der Waals surface area contributed by atoms with Crippen LogP contribution in [0.25, 0.3) is 0 Å². The van der Waals surface area contributed by atoms with Crippen LogP contribution in [0.15, 0.2) is 42.5 Å². The predicted molar refractivity (Wildman–Crippen MR) is 97.9 cm³/mol. The van der Waals surface area contributed by atoms with Gasteiger partial charge in [-0.3, -0.25) is 0 Å². The molecule has 2 nitrogen and oxygen atoms in total. The molecule has 0 saturated carbocycles. The Hall–Kier alpha value is -0.903. The van der Waals surface area contributed by atoms with Gasteiger partial charge in [-0.1, -0.05) is 76.3 Å². The Balaban J connectivity index is 2.37. The number of hydrogen-bond acceptors (Lipinski definition) is 2. The lowest BCUT2D eigenvalue weighted by molar-refractivity contribution is 0.125. The van der Waals surface area contributed by atoms with Gasteiger partial charge in [-0.2, -0.15) is 0 Å². The van der Waals surface area contributed by atoms with E-state index in [0.29, 0.717) is 12.1 Å². The van der Waals surface area contributed by atoms with Gasteiger partial charge >= 0.3 is 0 Å². The van der Waals surface area contributed by atoms with Crippen molar-refractivity contribution >= 4 is 8.07 Å². The first kappa shape index (κ1) is 19.1. The zero-order valence-corrected chi connectivity index (χ0v) is 15.8. The van der Waals surface area contributed by atoms with E-state index in [0.717, 1.165) is 13.0 Å². The molecule has 1 rings (SSSR count). The number of benzene rings is 1. The first-order chi connectivity index (χ1) is 10.3. The van der Waals surface area contributed by atoms with Crippen LogP contribution in [-0.4, -0.2) is 26.4 Å². The van der Waals surface area contributed by atoms with Gasteiger partial charge in [0, 0.05) is 6.61 Å². The molecule has 1 unspecified atom stereocenters. The first-order valence-corrected chi connectivity index (χ1v) is 11.3. The van der Waals surface area contributed by atoms with Crippen LogP contribution in [0.5, 0.6) is 0 Å². The van der Waals surface area contributed by atoms with Gasteiger partial charge < -0.3 is 9.84 Å². The lowest BCUT2D eigenvalue weighted by Crippen LogP contribution is -2.42. The minimum Gasteiger partial charge on any atom is -0.396 e. The van der Waals surface area contributed by atoms with Crippen molar-refractivity contribution in [2.45, 2.75) is 57.5 Å². The lowest BCUT2D eigenvalue weighted by atomic mass is 10.2. The summed E-state index contributed by atoms with van der Waals surface area (Å²) in [5, 5.41) is 10.0. The SMILES string of the molecule is CC(C)(C)[Si](C)(C)C(C=CCCOCc1ccccc1)CO. The third-order valence-electron chi connectivity index (χ3n) is 4.97. The molecule has 0 bridgehead atoms. The highest BCUT2D eigenvalue weighted by atomic mass is 28.3. The number of rotatable bonds is 8. The Morgan fingerprint density at radius 2 is 1.82 bits per heavy atom. The number of hydrogen-bond donors (Lipinski definition) is 1. The van der Waals surface area contributed by atoms with Crippen LogP contribution in [-0.2, 0) is 11.3 Å². The third-order valence-corrected chi connectivity index (χ3v) is 11.1. The molecule has 0 aliphatic carbocycles. The van der Waals surface area contributed by atoms with Gasteiger partial charge in [-0.05, 0) is 22.6 Å². The maximum Gasteiger partial charge on any atom is 0.0717 e. The zero-order chi connectivity index (χ0) is 16.6. The Morgan fingerprint density at radius 1 is 1.18 bits per heavy atom. The second kappa shape index (κ2) is 8.66. The van der Waals surface area contributed by atoms with Gasteiger partial charge in [0.05, 0.1) is 21.3 Å². The van der Waals surface area contributed by atoms with Crippen molar-refractivity contribution in [3.63, 3.8) is 0 Å². The van der Waals surface area contributed by atoms with E-state index in [1.165, 1.54) is 5.56 Å². The molecule has 0 amide bonds. The van der Waals surface area contributed by atoms with E-state index >= 15 is 0 Å². The first-order valence-electron chi connectivity index (χ1n) is 8.18. The summed E-state index contributed by atoms with van der Waals surface area (Å²) in [7, 11) is -1.53. The molecule has 1 N–H and O–H groups in total. The van der Waals surface area contributed by atoms with Crippen LogP contribution in [0.2, 0.25) is 23.7 Å². The van der Waals surface area contributed by atoms with E-state index in [-0.39, 0.29) is 11.6 Å². The molecule has 0 aliphatic heterocycles. The summed E-state index contributed by atoms with van der Waals surface area (Å²) in [6, 6.07) is 10.2. The monoisotopic (exact) mass is 320 g/mol. The molecule has 124 valence electrons. The summed E-state index contributed by atoms with van der Waals surface area (Å²) in [6.45, 7) is 13.2. The van der Waals surface area contributed by atoms with Gasteiger partial charge in [-0.15, -0.1) is 0 Å². The van der Waals surface area contributed by atoms with E-state index < -0.39 is 8.07 Å². The summed E-state index contributed by atoms with van der Waals surface area (Å²) >= 11 is 0. The van der Waals surface area contributed by atoms with Gasteiger partial charge in [-0.25, -0.2) is 0 Å². The molecule has 0 aromatic heterocycles. The molecule has 0 aliphatic rings. The van der Waals surface area contributed by atoms with E-state index in [4.69, 9.17) is 4.74 Å². The van der Waals surface area contributed by atoms with Crippen LogP contribution >= 0.6 is 0 Å². The Bertz CT molecular complexity index is 446. The van der Waals surface area contributed by atoms with Gasteiger partial charge in [0.25, 0.3) is 0 Å². The van der Waals surface area contributed by atoms with Crippen molar-refractivity contribution < 1.29 is 9.84 Å². The number of aliphatic hydroxyl groups is 1. The topological polar surface area (TPSA) is 29.5 Å². The Kier molecular flexibility index (Phi) is 7.53. The lowest BCUT2D eigenvalue weighted by Gasteiger charge is -2.41. The van der Waals surface area contributed by atoms with Crippen molar-refractivity contribution in [2.24, 2.45) is 0 Å². The molecule has 1 aromatic rings. The van der Waals surface area contributed by atoms with E-state index in [9.17, 15) is 5.11 Å². The fourth-order valence-corrected chi connectivity index (χ4v) is 4.45. The minimum absolute atomic E-state index is 0.248. The predicted octanol–water partition coefficient (Wildman–Crippen LogP) is 5.02. The highest BCUT2D eigenvalue weighted by Crippen LogP contribution is 2.43. The molecule has 1 aromatic carbocycles. The van der Waals surface area contributed by atoms with E-state index in [1.807, 2.05) is 18.2 Å². The maximum atomic E-state index is 9.73. The molecule has 0 saturated heterocycles. The fourth-order valence-electron chi connectivity index (χ4n) is 2.26. The summed E-state index contributed by atoms with van der Waals surface area (Å²) in [5.41, 5.74) is 1.52. The van der Waals surface area contributed by atoms with Crippen molar-refractivity contribution in [3.05, 3.63) is 48.0 Å². The van der Waals surface area contributed by atoms with Crippen LogP contribution < -0.4 is 0 Å². The van der Waals surface area contributed by atoms with Crippen molar-refractivity contribution in [2.75, 3.05) is 13.2 Å². The highest BCUT2D eigenvalue weighted by Gasteiger charge is 2.40. The molecule has 0 heterocycles. The Labute approximate surface area is 137 Å². The second-order valence-corrected chi connectivity index (χ2v) is 13.2. The highest BCUT2D eigenvalue weighted by molar-refractivity contribution is 6.82. The number of ether oxygens (including phenoxy) is 1. The van der Waals surface area contributed by atoms with Gasteiger partial charge in [0.2, 0.25) is 0 Å². The Morgan fingerprint density at radius 3 is 2.36 bits per heavy atom. The minimum atomic E-state index is -1.53. The molecule has 0 spiro atoms. The molecule has 1 atom stereocenters. The van der Waals surface area contributed by atoms with Gasteiger partial charge in [0.15, 0.2) is 0 Å². The molecule has 0 radical (unpaired) electrons. The molecular weight excluding hydrogens is 288 g/mol. The van der Waals surface area contributed by atoms with Crippen molar-refractivity contribution in [1.82, 2.24) is 0 Å². The van der Waals surface area contributed by atoms with Crippen LogP contribution in [0.3, 0.4) is 0 Å². The van der Waals surface area contributed by atoms with Gasteiger partial charge in [0.1, 0.15) is 0 Å². The quantitative estimate of drug-likeness (QED) is 0.414. The summed E-state index contributed by atoms with van der Waals surface area (Å²) in [4.78, 5) is 0. The standard InChI is InChI=1S/C19H32O2Si/c1-19(2,3)22(4,5)18(15-20)13-9-10-14-21-16-17-11-7-6-8-12-17/h6-9,11-13,18,20H,10,14-16H2,1-5H3.